The Bertz CT molecular complexity index is 1250. The van der Waals surface area contributed by atoms with Crippen molar-refractivity contribution in [3.63, 3.8) is 0 Å². The van der Waals surface area contributed by atoms with Crippen molar-refractivity contribution in [2.24, 2.45) is 0 Å². The zero-order valence-electron chi connectivity index (χ0n) is 20.8. The minimum absolute atomic E-state index is 0.0370. The molecule has 36 heavy (non-hydrogen) atoms. The van der Waals surface area contributed by atoms with Gasteiger partial charge < -0.3 is 18.7 Å². The third-order valence-corrected chi connectivity index (χ3v) is 5.68. The van der Waals surface area contributed by atoms with Gasteiger partial charge in [0.25, 0.3) is 5.89 Å². The summed E-state index contributed by atoms with van der Waals surface area (Å²) in [6, 6.07) is 13.3. The largest absolute Gasteiger partial charge is 0.492 e. The molecule has 0 bridgehead atoms. The molecule has 0 unspecified atom stereocenters. The Morgan fingerprint density at radius 1 is 1.22 bits per heavy atom. The molecule has 2 aromatic carbocycles. The SMILES string of the molecule is CCOC(=O)CCCN1CCOc2cc(-c3noc(-c4ccc(OC(C)C)c(C#N)c4)n3)ccc2C1. The Hall–Kier alpha value is -3.90. The third-order valence-electron chi connectivity index (χ3n) is 5.68. The minimum Gasteiger partial charge on any atom is -0.492 e. The number of ether oxygens (including phenoxy) is 3. The van der Waals surface area contributed by atoms with Gasteiger partial charge in [-0.2, -0.15) is 10.2 Å². The van der Waals surface area contributed by atoms with E-state index in [0.29, 0.717) is 48.2 Å². The monoisotopic (exact) mass is 490 g/mol. The molecule has 2 heterocycles. The van der Waals surface area contributed by atoms with E-state index in [9.17, 15) is 10.1 Å². The molecule has 0 aliphatic carbocycles. The van der Waals surface area contributed by atoms with Crippen molar-refractivity contribution in [2.45, 2.75) is 46.3 Å². The lowest BCUT2D eigenvalue weighted by atomic mass is 10.1. The molecule has 4 rings (SSSR count). The standard InChI is InChI=1S/C27H30N4O5/c1-4-33-25(32)6-5-11-31-12-13-34-24-15-19(7-8-21(24)17-31)26-29-27(36-30-26)20-9-10-23(35-18(2)3)22(14-20)16-28/h7-10,14-15,18H,4-6,11-13,17H2,1-3H3. The summed E-state index contributed by atoms with van der Waals surface area (Å²) in [6.07, 6.45) is 1.13. The summed E-state index contributed by atoms with van der Waals surface area (Å²) < 4.78 is 22.2. The molecule has 0 atom stereocenters. The second-order valence-electron chi connectivity index (χ2n) is 8.77. The van der Waals surface area contributed by atoms with Crippen LogP contribution < -0.4 is 9.47 Å². The van der Waals surface area contributed by atoms with Gasteiger partial charge in [0, 0.05) is 36.2 Å². The fraction of sp³-hybridized carbons (Fsp3) is 0.407. The molecule has 0 saturated carbocycles. The highest BCUT2D eigenvalue weighted by Crippen LogP contribution is 2.31. The fourth-order valence-corrected chi connectivity index (χ4v) is 4.00. The van der Waals surface area contributed by atoms with Crippen LogP contribution in [0.15, 0.2) is 40.9 Å². The molecule has 0 radical (unpaired) electrons. The first-order valence-corrected chi connectivity index (χ1v) is 12.2. The Kier molecular flexibility index (Phi) is 8.18. The second kappa shape index (κ2) is 11.7. The van der Waals surface area contributed by atoms with Crippen LogP contribution in [0.2, 0.25) is 0 Å². The van der Waals surface area contributed by atoms with E-state index >= 15 is 0 Å². The first kappa shape index (κ1) is 25.2. The van der Waals surface area contributed by atoms with Crippen LogP contribution in [0.5, 0.6) is 11.5 Å². The molecule has 9 nitrogen and oxygen atoms in total. The smallest absolute Gasteiger partial charge is 0.305 e. The van der Waals surface area contributed by atoms with Gasteiger partial charge in [-0.25, -0.2) is 0 Å². The van der Waals surface area contributed by atoms with Gasteiger partial charge in [-0.1, -0.05) is 17.3 Å². The summed E-state index contributed by atoms with van der Waals surface area (Å²) >= 11 is 0. The Labute approximate surface area is 210 Å². The van der Waals surface area contributed by atoms with Gasteiger partial charge in [-0.15, -0.1) is 0 Å². The molecule has 0 amide bonds. The van der Waals surface area contributed by atoms with Gasteiger partial charge in [-0.05, 0) is 58.0 Å². The predicted molar refractivity (Wildman–Crippen MR) is 132 cm³/mol. The molecular formula is C27H30N4O5. The van der Waals surface area contributed by atoms with Crippen molar-refractivity contribution in [3.8, 4) is 40.4 Å². The molecule has 9 heteroatoms. The first-order valence-electron chi connectivity index (χ1n) is 12.2. The molecule has 0 spiro atoms. The Morgan fingerprint density at radius 2 is 2.06 bits per heavy atom. The van der Waals surface area contributed by atoms with Crippen molar-refractivity contribution < 1.29 is 23.5 Å². The molecule has 1 aliphatic rings. The van der Waals surface area contributed by atoms with E-state index in [1.54, 1.807) is 18.2 Å². The number of fused-ring (bicyclic) bond motifs is 1. The molecule has 0 fully saturated rings. The number of benzene rings is 2. The number of rotatable bonds is 9. The van der Waals surface area contributed by atoms with E-state index in [0.717, 1.165) is 42.9 Å². The summed E-state index contributed by atoms with van der Waals surface area (Å²) in [7, 11) is 0. The molecular weight excluding hydrogens is 460 g/mol. The van der Waals surface area contributed by atoms with Crippen molar-refractivity contribution in [1.29, 1.82) is 5.26 Å². The van der Waals surface area contributed by atoms with Gasteiger partial charge in [0.05, 0.1) is 18.3 Å². The van der Waals surface area contributed by atoms with Gasteiger partial charge >= 0.3 is 5.97 Å². The van der Waals surface area contributed by atoms with Crippen molar-refractivity contribution in [2.75, 3.05) is 26.3 Å². The Balaban J connectivity index is 1.45. The second-order valence-corrected chi connectivity index (χ2v) is 8.77. The zero-order valence-corrected chi connectivity index (χ0v) is 20.8. The van der Waals surface area contributed by atoms with E-state index in [4.69, 9.17) is 18.7 Å². The van der Waals surface area contributed by atoms with Crippen LogP contribution in [0.4, 0.5) is 0 Å². The lowest BCUT2D eigenvalue weighted by Gasteiger charge is -2.18. The number of hydrogen-bond acceptors (Lipinski definition) is 9. The average Bonchev–Trinajstić information content (AvgIpc) is 3.26. The molecule has 1 aliphatic heterocycles. The number of esters is 1. The quantitative estimate of drug-likeness (QED) is 0.397. The van der Waals surface area contributed by atoms with Crippen molar-refractivity contribution in [1.82, 2.24) is 15.0 Å². The summed E-state index contributed by atoms with van der Waals surface area (Å²) in [5.74, 6) is 1.91. The van der Waals surface area contributed by atoms with Crippen LogP contribution in [-0.2, 0) is 16.1 Å². The first-order chi connectivity index (χ1) is 17.5. The highest BCUT2D eigenvalue weighted by molar-refractivity contribution is 5.69. The summed E-state index contributed by atoms with van der Waals surface area (Å²) in [6.45, 7) is 8.90. The predicted octanol–water partition coefficient (Wildman–Crippen LogP) is 4.60. The van der Waals surface area contributed by atoms with Crippen LogP contribution in [0.25, 0.3) is 22.8 Å². The number of nitriles is 1. The van der Waals surface area contributed by atoms with Gasteiger partial charge in [0.1, 0.15) is 24.2 Å². The number of aromatic nitrogens is 2. The van der Waals surface area contributed by atoms with Gasteiger partial charge in [-0.3, -0.25) is 9.69 Å². The van der Waals surface area contributed by atoms with Crippen LogP contribution in [-0.4, -0.2) is 53.4 Å². The molecule has 1 aromatic heterocycles. The van der Waals surface area contributed by atoms with E-state index in [2.05, 4.69) is 21.1 Å². The molecule has 0 saturated heterocycles. The highest BCUT2D eigenvalue weighted by atomic mass is 16.5. The normalized spacial score (nSPS) is 13.4. The highest BCUT2D eigenvalue weighted by Gasteiger charge is 2.19. The lowest BCUT2D eigenvalue weighted by Crippen LogP contribution is -2.27. The summed E-state index contributed by atoms with van der Waals surface area (Å²) in [4.78, 5) is 18.4. The van der Waals surface area contributed by atoms with Crippen molar-refractivity contribution in [3.05, 3.63) is 47.5 Å². The van der Waals surface area contributed by atoms with E-state index < -0.39 is 0 Å². The molecule has 0 N–H and O–H groups in total. The number of hydrogen-bond donors (Lipinski definition) is 0. The summed E-state index contributed by atoms with van der Waals surface area (Å²) in [5, 5.41) is 13.6. The van der Waals surface area contributed by atoms with Gasteiger partial charge in [0.2, 0.25) is 5.82 Å². The van der Waals surface area contributed by atoms with Crippen LogP contribution in [0.3, 0.4) is 0 Å². The number of carbonyl (C=O) groups is 1. The van der Waals surface area contributed by atoms with Crippen LogP contribution in [0, 0.1) is 11.3 Å². The van der Waals surface area contributed by atoms with E-state index in [1.165, 1.54) is 0 Å². The van der Waals surface area contributed by atoms with E-state index in [-0.39, 0.29) is 12.1 Å². The Morgan fingerprint density at radius 3 is 2.83 bits per heavy atom. The number of carbonyl (C=O) groups excluding carboxylic acids is 1. The van der Waals surface area contributed by atoms with Crippen LogP contribution >= 0.6 is 0 Å². The maximum atomic E-state index is 11.6. The summed E-state index contributed by atoms with van der Waals surface area (Å²) in [5.41, 5.74) is 2.90. The topological polar surface area (TPSA) is 111 Å². The lowest BCUT2D eigenvalue weighted by molar-refractivity contribution is -0.143. The molecule has 188 valence electrons. The number of nitrogens with zero attached hydrogens (tertiary/aromatic N) is 4. The maximum absolute atomic E-state index is 11.6. The maximum Gasteiger partial charge on any atom is 0.305 e. The van der Waals surface area contributed by atoms with E-state index in [1.807, 2.05) is 39.0 Å². The molecule has 3 aromatic rings. The fourth-order valence-electron chi connectivity index (χ4n) is 4.00. The van der Waals surface area contributed by atoms with Gasteiger partial charge in [0.15, 0.2) is 0 Å². The zero-order chi connectivity index (χ0) is 25.5. The van der Waals surface area contributed by atoms with Crippen molar-refractivity contribution >= 4 is 5.97 Å². The average molecular weight is 491 g/mol. The third kappa shape index (κ3) is 6.20. The van der Waals surface area contributed by atoms with Crippen LogP contribution in [0.1, 0.15) is 44.7 Å². The minimum atomic E-state index is -0.156.